The van der Waals surface area contributed by atoms with Gasteiger partial charge in [0.05, 0.1) is 28.4 Å². The van der Waals surface area contributed by atoms with Gasteiger partial charge in [-0.15, -0.1) is 0 Å². The molecule has 0 aliphatic rings. The Morgan fingerprint density at radius 1 is 1.21 bits per heavy atom. The van der Waals surface area contributed by atoms with Gasteiger partial charge in [-0.3, -0.25) is 9.89 Å². The van der Waals surface area contributed by atoms with E-state index in [0.717, 1.165) is 16.7 Å². The zero-order valence-corrected chi connectivity index (χ0v) is 16.4. The molecule has 9 heteroatoms. The van der Waals surface area contributed by atoms with Gasteiger partial charge in [0.15, 0.2) is 11.6 Å². The summed E-state index contributed by atoms with van der Waals surface area (Å²) in [5, 5.41) is 13.4. The topological polar surface area (TPSA) is 108 Å². The summed E-state index contributed by atoms with van der Waals surface area (Å²) in [7, 11) is 1.63. The van der Waals surface area contributed by atoms with Gasteiger partial charge in [-0.2, -0.15) is 5.10 Å². The predicted octanol–water partition coefficient (Wildman–Crippen LogP) is 3.92. The molecule has 0 aliphatic carbocycles. The zero-order valence-electron chi connectivity index (χ0n) is 15.6. The number of amides is 1. The van der Waals surface area contributed by atoms with Crippen LogP contribution in [0.5, 0.6) is 0 Å². The number of benzene rings is 2. The van der Waals surface area contributed by atoms with Crippen LogP contribution in [0.15, 0.2) is 48.5 Å². The Morgan fingerprint density at radius 2 is 2.07 bits per heavy atom. The normalized spacial score (nSPS) is 11.0. The number of nitrogens with one attached hydrogen (secondary N) is 4. The van der Waals surface area contributed by atoms with Crippen LogP contribution in [0.25, 0.3) is 22.6 Å². The third kappa shape index (κ3) is 4.23. The molecule has 4 rings (SSSR count). The second-order valence-corrected chi connectivity index (χ2v) is 6.74. The lowest BCUT2D eigenvalue weighted by Crippen LogP contribution is -2.13. The number of methoxy groups -OCH3 is 1. The molecule has 8 nitrogen and oxygen atoms in total. The number of aromatic amines is 2. The second kappa shape index (κ2) is 8.34. The molecule has 2 aromatic carbocycles. The molecule has 29 heavy (non-hydrogen) atoms. The highest BCUT2D eigenvalue weighted by atomic mass is 35.5. The fourth-order valence-electron chi connectivity index (χ4n) is 2.86. The number of nitrogens with zero attached hydrogens (tertiary/aromatic N) is 2. The summed E-state index contributed by atoms with van der Waals surface area (Å²) in [5.41, 5.74) is 3.63. The fraction of sp³-hybridized carbons (Fsp3) is 0.150. The summed E-state index contributed by atoms with van der Waals surface area (Å²) in [6.45, 7) is 1.19. The molecule has 148 valence electrons. The molecule has 1 amide bonds. The Kier molecular flexibility index (Phi) is 5.46. The molecule has 0 atom stereocenters. The highest BCUT2D eigenvalue weighted by Crippen LogP contribution is 2.24. The summed E-state index contributed by atoms with van der Waals surface area (Å²) in [6.07, 6.45) is 0. The maximum Gasteiger partial charge on any atom is 0.256 e. The third-order valence-electron chi connectivity index (χ3n) is 4.32. The number of hydrogen-bond acceptors (Lipinski definition) is 5. The minimum atomic E-state index is -0.307. The van der Waals surface area contributed by atoms with Crippen molar-refractivity contribution in [3.63, 3.8) is 0 Å². The van der Waals surface area contributed by atoms with Crippen molar-refractivity contribution in [3.8, 4) is 11.5 Å². The van der Waals surface area contributed by atoms with E-state index in [0.29, 0.717) is 41.1 Å². The van der Waals surface area contributed by atoms with Crippen LogP contribution < -0.4 is 10.6 Å². The van der Waals surface area contributed by atoms with Crippen molar-refractivity contribution in [2.24, 2.45) is 0 Å². The molecule has 0 saturated heterocycles. The van der Waals surface area contributed by atoms with Gasteiger partial charge >= 0.3 is 0 Å². The van der Waals surface area contributed by atoms with Crippen molar-refractivity contribution < 1.29 is 9.53 Å². The van der Waals surface area contributed by atoms with Crippen LogP contribution in [0.3, 0.4) is 0 Å². The van der Waals surface area contributed by atoms with Crippen molar-refractivity contribution in [1.82, 2.24) is 20.2 Å². The Hall–Kier alpha value is -3.36. The standard InChI is InChI=1S/C20H19ClN6O2/c1-29-9-8-22-14-7-6-12(10-13(14)21)20(28)25-18-11-17(26-27-18)19-23-15-4-2-3-5-16(15)24-19/h2-7,10-11,22H,8-9H2,1H3,(H,23,24)(H2,25,26,27,28). The number of hydrogen-bond donors (Lipinski definition) is 4. The monoisotopic (exact) mass is 410 g/mol. The van der Waals surface area contributed by atoms with Gasteiger partial charge in [-0.05, 0) is 30.3 Å². The average Bonchev–Trinajstić information content (AvgIpc) is 3.36. The summed E-state index contributed by atoms with van der Waals surface area (Å²) in [5.74, 6) is 0.732. The van der Waals surface area contributed by atoms with Gasteiger partial charge in [-0.1, -0.05) is 23.7 Å². The maximum atomic E-state index is 12.5. The number of H-pyrrole nitrogens is 2. The van der Waals surface area contributed by atoms with Crippen LogP contribution in [0, 0.1) is 0 Å². The number of ether oxygens (including phenoxy) is 1. The number of carbonyl (C=O) groups is 1. The average molecular weight is 411 g/mol. The largest absolute Gasteiger partial charge is 0.383 e. The first-order valence-corrected chi connectivity index (χ1v) is 9.36. The van der Waals surface area contributed by atoms with Crippen LogP contribution in [-0.4, -0.2) is 46.3 Å². The Balaban J connectivity index is 1.45. The number of anilines is 2. The van der Waals surface area contributed by atoms with E-state index in [1.165, 1.54) is 0 Å². The van der Waals surface area contributed by atoms with Gasteiger partial charge in [-0.25, -0.2) is 4.98 Å². The van der Waals surface area contributed by atoms with E-state index in [-0.39, 0.29) is 5.91 Å². The highest BCUT2D eigenvalue weighted by molar-refractivity contribution is 6.33. The lowest BCUT2D eigenvalue weighted by molar-refractivity contribution is 0.102. The van der Waals surface area contributed by atoms with E-state index >= 15 is 0 Å². The number of imidazole rings is 1. The fourth-order valence-corrected chi connectivity index (χ4v) is 3.11. The molecule has 2 heterocycles. The highest BCUT2D eigenvalue weighted by Gasteiger charge is 2.13. The number of para-hydroxylation sites is 2. The quantitative estimate of drug-likeness (QED) is 0.345. The first kappa shape index (κ1) is 19.0. The summed E-state index contributed by atoms with van der Waals surface area (Å²) >= 11 is 6.26. The first-order chi connectivity index (χ1) is 14.1. The molecule has 4 aromatic rings. The van der Waals surface area contributed by atoms with Crippen LogP contribution in [0.4, 0.5) is 11.5 Å². The summed E-state index contributed by atoms with van der Waals surface area (Å²) in [6, 6.07) is 14.5. The number of rotatable bonds is 7. The lowest BCUT2D eigenvalue weighted by atomic mass is 10.2. The summed E-state index contributed by atoms with van der Waals surface area (Å²) in [4.78, 5) is 20.3. The van der Waals surface area contributed by atoms with Gasteiger partial charge in [0.1, 0.15) is 5.69 Å². The Labute approximate surface area is 171 Å². The number of aromatic nitrogens is 4. The smallest absolute Gasteiger partial charge is 0.256 e. The van der Waals surface area contributed by atoms with Gasteiger partial charge in [0.2, 0.25) is 0 Å². The maximum absolute atomic E-state index is 12.5. The zero-order chi connectivity index (χ0) is 20.2. The van der Waals surface area contributed by atoms with E-state index in [1.807, 2.05) is 24.3 Å². The number of carbonyl (C=O) groups excluding carboxylic acids is 1. The molecule has 2 aromatic heterocycles. The molecule has 0 bridgehead atoms. The second-order valence-electron chi connectivity index (χ2n) is 6.34. The molecule has 0 radical (unpaired) electrons. The van der Waals surface area contributed by atoms with Crippen molar-refractivity contribution >= 4 is 40.0 Å². The SMILES string of the molecule is COCCNc1ccc(C(=O)Nc2cc(-c3nc4ccccc4[nH]3)[nH]n2)cc1Cl. The Bertz CT molecular complexity index is 1120. The van der Waals surface area contributed by atoms with Crippen molar-refractivity contribution in [2.45, 2.75) is 0 Å². The van der Waals surface area contributed by atoms with Crippen LogP contribution in [0.1, 0.15) is 10.4 Å². The minimum Gasteiger partial charge on any atom is -0.383 e. The van der Waals surface area contributed by atoms with Crippen LogP contribution in [0.2, 0.25) is 5.02 Å². The minimum absolute atomic E-state index is 0.307. The third-order valence-corrected chi connectivity index (χ3v) is 4.63. The van der Waals surface area contributed by atoms with E-state index in [4.69, 9.17) is 16.3 Å². The molecule has 0 fully saturated rings. The molecular formula is C20H19ClN6O2. The molecule has 4 N–H and O–H groups in total. The van der Waals surface area contributed by atoms with Crippen molar-refractivity contribution in [3.05, 3.63) is 59.1 Å². The van der Waals surface area contributed by atoms with Crippen LogP contribution in [-0.2, 0) is 4.74 Å². The number of fused-ring (bicyclic) bond motifs is 1. The van der Waals surface area contributed by atoms with Gasteiger partial charge in [0, 0.05) is 25.3 Å². The lowest BCUT2D eigenvalue weighted by Gasteiger charge is -2.09. The van der Waals surface area contributed by atoms with Crippen LogP contribution >= 0.6 is 11.6 Å². The first-order valence-electron chi connectivity index (χ1n) is 8.98. The number of halogens is 1. The summed E-state index contributed by atoms with van der Waals surface area (Å²) < 4.78 is 5.00. The molecule has 0 spiro atoms. The van der Waals surface area contributed by atoms with Crippen molar-refractivity contribution in [2.75, 3.05) is 30.9 Å². The van der Waals surface area contributed by atoms with E-state index in [2.05, 4.69) is 30.8 Å². The van der Waals surface area contributed by atoms with E-state index in [1.54, 1.807) is 31.4 Å². The van der Waals surface area contributed by atoms with Gasteiger partial charge in [0.25, 0.3) is 5.91 Å². The molecular weight excluding hydrogens is 392 g/mol. The van der Waals surface area contributed by atoms with Gasteiger partial charge < -0.3 is 20.4 Å². The molecule has 0 aliphatic heterocycles. The Morgan fingerprint density at radius 3 is 2.86 bits per heavy atom. The molecule has 0 unspecified atom stereocenters. The van der Waals surface area contributed by atoms with Crippen molar-refractivity contribution in [1.29, 1.82) is 0 Å². The molecule has 0 saturated carbocycles. The van der Waals surface area contributed by atoms with E-state index < -0.39 is 0 Å². The predicted molar refractivity (Wildman–Crippen MR) is 113 cm³/mol. The van der Waals surface area contributed by atoms with E-state index in [9.17, 15) is 4.79 Å².